The summed E-state index contributed by atoms with van der Waals surface area (Å²) in [4.78, 5) is 0. The number of aliphatic hydroxyl groups is 3. The predicted molar refractivity (Wildman–Crippen MR) is 96.9 cm³/mol. The fourth-order valence-electron chi connectivity index (χ4n) is 0.952. The largest absolute Gasteiger partial charge is 0.396 e. The smallest absolute Gasteiger partial charge is 0.0430 e. The average Bonchev–Trinajstić information content (AvgIpc) is 2.52. The molecule has 0 bridgehead atoms. The topological polar surface area (TPSA) is 60.7 Å². The summed E-state index contributed by atoms with van der Waals surface area (Å²) in [7, 11) is 0. The summed E-state index contributed by atoms with van der Waals surface area (Å²) in [5.41, 5.74) is 1.07. The number of hydrogen-bond acceptors (Lipinski definition) is 3. The second kappa shape index (κ2) is 33.4. The molecule has 0 saturated heterocycles. The van der Waals surface area contributed by atoms with Gasteiger partial charge in [0.25, 0.3) is 0 Å². The minimum atomic E-state index is 0. The maximum absolute atomic E-state index is 8.07. The standard InChI is InChI=1S/C7H7.3C4H10O.Hf/c1-7-5-3-2-4-6-7;3*1-2-3-4-5;/h2-6H,1H2;3*5H,2-4H2,1H3;/q-1;;;;. The third-order valence-electron chi connectivity index (χ3n) is 2.38. The molecular formula is C19H37HfO3-. The van der Waals surface area contributed by atoms with Gasteiger partial charge in [0.15, 0.2) is 0 Å². The molecule has 3 N–H and O–H groups in total. The van der Waals surface area contributed by atoms with Gasteiger partial charge in [-0.1, -0.05) is 46.1 Å². The van der Waals surface area contributed by atoms with E-state index in [4.69, 9.17) is 15.3 Å². The van der Waals surface area contributed by atoms with Crippen LogP contribution >= 0.6 is 0 Å². The summed E-state index contributed by atoms with van der Waals surface area (Å²) >= 11 is 0. The van der Waals surface area contributed by atoms with Crippen molar-refractivity contribution in [2.75, 3.05) is 19.8 Å². The zero-order chi connectivity index (χ0) is 17.5. The molecule has 136 valence electrons. The number of rotatable bonds is 6. The molecule has 1 rings (SSSR count). The minimum Gasteiger partial charge on any atom is -0.396 e. The normalized spacial score (nSPS) is 8.09. The summed E-state index contributed by atoms with van der Waals surface area (Å²) in [6, 6.07) is 9.87. The molecule has 0 aliphatic carbocycles. The first-order valence-electron chi connectivity index (χ1n) is 8.33. The van der Waals surface area contributed by atoms with E-state index in [0.29, 0.717) is 19.8 Å². The first-order chi connectivity index (χ1) is 10.6. The van der Waals surface area contributed by atoms with Gasteiger partial charge >= 0.3 is 0 Å². The van der Waals surface area contributed by atoms with Crippen LogP contribution in [-0.4, -0.2) is 35.1 Å². The Hall–Kier alpha value is -0.160. The van der Waals surface area contributed by atoms with Crippen LogP contribution in [0, 0.1) is 6.92 Å². The number of benzene rings is 1. The summed E-state index contributed by atoms with van der Waals surface area (Å²) < 4.78 is 0. The predicted octanol–water partition coefficient (Wildman–Crippen LogP) is 4.20. The summed E-state index contributed by atoms with van der Waals surface area (Å²) in [6.45, 7) is 10.9. The Balaban J connectivity index is -0.000000105. The molecule has 0 aliphatic heterocycles. The fraction of sp³-hybridized carbons (Fsp3) is 0.632. The molecular weight excluding hydrogens is 455 g/mol. The molecule has 4 heteroatoms. The van der Waals surface area contributed by atoms with Crippen LogP contribution in [0.25, 0.3) is 0 Å². The van der Waals surface area contributed by atoms with Gasteiger partial charge in [-0.2, -0.15) is 24.6 Å². The molecule has 0 unspecified atom stereocenters. The Kier molecular flexibility index (Phi) is 44.6. The molecule has 0 atom stereocenters. The first kappa shape index (κ1) is 30.7. The van der Waals surface area contributed by atoms with Crippen LogP contribution in [0.5, 0.6) is 0 Å². The molecule has 0 aromatic heterocycles. The van der Waals surface area contributed by atoms with Crippen molar-refractivity contribution >= 4 is 0 Å². The summed E-state index contributed by atoms with van der Waals surface area (Å²) in [6.07, 6.45) is 6.11. The van der Waals surface area contributed by atoms with Crippen LogP contribution in [0.1, 0.15) is 64.9 Å². The van der Waals surface area contributed by atoms with E-state index in [0.717, 1.165) is 44.1 Å². The van der Waals surface area contributed by atoms with Crippen molar-refractivity contribution in [3.05, 3.63) is 42.8 Å². The van der Waals surface area contributed by atoms with Gasteiger partial charge < -0.3 is 15.3 Å². The molecule has 0 aliphatic rings. The van der Waals surface area contributed by atoms with E-state index < -0.39 is 0 Å². The second-order valence-electron chi connectivity index (χ2n) is 4.72. The van der Waals surface area contributed by atoms with E-state index in [1.165, 1.54) is 0 Å². The Morgan fingerprint density at radius 2 is 1.00 bits per heavy atom. The van der Waals surface area contributed by atoms with E-state index in [1.54, 1.807) is 0 Å². The number of hydrogen-bond donors (Lipinski definition) is 3. The van der Waals surface area contributed by atoms with E-state index in [-0.39, 0.29) is 25.8 Å². The van der Waals surface area contributed by atoms with Gasteiger partial charge in [0, 0.05) is 45.7 Å². The molecule has 0 saturated carbocycles. The van der Waals surface area contributed by atoms with Crippen LogP contribution in [0.15, 0.2) is 30.3 Å². The van der Waals surface area contributed by atoms with Crippen molar-refractivity contribution in [3.8, 4) is 0 Å². The van der Waals surface area contributed by atoms with Crippen LogP contribution in [0.4, 0.5) is 0 Å². The zero-order valence-electron chi connectivity index (χ0n) is 15.3. The molecule has 23 heavy (non-hydrogen) atoms. The zero-order valence-corrected chi connectivity index (χ0v) is 18.9. The van der Waals surface area contributed by atoms with Crippen molar-refractivity contribution in [1.29, 1.82) is 0 Å². The van der Waals surface area contributed by atoms with Crippen molar-refractivity contribution in [2.24, 2.45) is 0 Å². The minimum absolute atomic E-state index is 0. The fourth-order valence-corrected chi connectivity index (χ4v) is 0.952. The van der Waals surface area contributed by atoms with Gasteiger partial charge in [0.1, 0.15) is 0 Å². The summed E-state index contributed by atoms with van der Waals surface area (Å²) in [5, 5.41) is 24.2. The molecule has 0 amide bonds. The third kappa shape index (κ3) is 44.9. The van der Waals surface area contributed by atoms with Crippen LogP contribution in [0.2, 0.25) is 0 Å². The average molecular weight is 492 g/mol. The second-order valence-corrected chi connectivity index (χ2v) is 4.72. The maximum Gasteiger partial charge on any atom is 0.0430 e. The van der Waals surface area contributed by atoms with Gasteiger partial charge in [-0.15, -0.1) is 12.1 Å². The maximum atomic E-state index is 8.07. The van der Waals surface area contributed by atoms with Crippen molar-refractivity contribution in [3.63, 3.8) is 0 Å². The van der Waals surface area contributed by atoms with E-state index in [2.05, 4.69) is 27.7 Å². The Labute approximate surface area is 162 Å². The van der Waals surface area contributed by atoms with Crippen LogP contribution in [0.3, 0.4) is 0 Å². The van der Waals surface area contributed by atoms with Crippen molar-refractivity contribution < 1.29 is 41.2 Å². The molecule has 0 radical (unpaired) electrons. The van der Waals surface area contributed by atoms with E-state index in [1.807, 2.05) is 30.3 Å². The first-order valence-corrected chi connectivity index (χ1v) is 8.33. The molecule has 0 spiro atoms. The molecule has 1 aromatic rings. The van der Waals surface area contributed by atoms with Crippen molar-refractivity contribution in [1.82, 2.24) is 0 Å². The van der Waals surface area contributed by atoms with E-state index >= 15 is 0 Å². The van der Waals surface area contributed by atoms with E-state index in [9.17, 15) is 0 Å². The molecule has 1 aromatic carbocycles. The Morgan fingerprint density at radius 1 is 0.696 bits per heavy atom. The van der Waals surface area contributed by atoms with Gasteiger partial charge in [0.2, 0.25) is 0 Å². The molecule has 0 heterocycles. The number of aliphatic hydroxyl groups excluding tert-OH is 3. The van der Waals surface area contributed by atoms with Crippen molar-refractivity contribution in [2.45, 2.75) is 59.3 Å². The van der Waals surface area contributed by atoms with Crippen LogP contribution in [-0.2, 0) is 25.8 Å². The molecule has 3 nitrogen and oxygen atoms in total. The monoisotopic (exact) mass is 493 g/mol. The number of unbranched alkanes of at least 4 members (excludes halogenated alkanes) is 3. The third-order valence-corrected chi connectivity index (χ3v) is 2.38. The SMILES string of the molecule is CCCCO.CCCCO.CCCCO.[CH2-]c1ccccc1.[Hf]. The van der Waals surface area contributed by atoms with Gasteiger partial charge in [-0.25, -0.2) is 0 Å². The quantitative estimate of drug-likeness (QED) is 0.413. The summed E-state index contributed by atoms with van der Waals surface area (Å²) in [5.74, 6) is 0. The Bertz CT molecular complexity index is 236. The van der Waals surface area contributed by atoms with Gasteiger partial charge in [-0.3, -0.25) is 0 Å². The molecule has 0 fully saturated rings. The van der Waals surface area contributed by atoms with Gasteiger partial charge in [-0.05, 0) is 19.3 Å². The Morgan fingerprint density at radius 3 is 1.09 bits per heavy atom. The van der Waals surface area contributed by atoms with Crippen LogP contribution < -0.4 is 0 Å². The van der Waals surface area contributed by atoms with Gasteiger partial charge in [0.05, 0.1) is 0 Å².